The molecule has 4 aromatic heterocycles. The topological polar surface area (TPSA) is 64.5 Å². The van der Waals surface area contributed by atoms with Crippen LogP contribution in [0.1, 0.15) is 0 Å². The fraction of sp³-hybridized carbons (Fsp3) is 0. The third-order valence-corrected chi connectivity index (χ3v) is 10.1. The molecule has 10 aromatic rings. The summed E-state index contributed by atoms with van der Waals surface area (Å²) in [7, 11) is 0. The summed E-state index contributed by atoms with van der Waals surface area (Å²) in [5, 5.41) is 2.11. The highest BCUT2D eigenvalue weighted by Crippen LogP contribution is 2.38. The molecular weight excluding hydrogens is 683 g/mol. The molecule has 0 amide bonds. The summed E-state index contributed by atoms with van der Waals surface area (Å²) < 4.78 is 0. The van der Waals surface area contributed by atoms with E-state index in [-0.39, 0.29) is 0 Å². The SMILES string of the molecule is c1ccc(-c2ccc3ccc4c(-c5cccc(-c6cccc(-c7cc(-c8ccccn8)nc(-c8ccccc8)n7)c6)c5)cc(-c5ccccc5)nc4c3n2)cc1. The normalized spacial score (nSPS) is 11.2. The number of hydrogen-bond acceptors (Lipinski definition) is 5. The smallest absolute Gasteiger partial charge is 0.160 e. The zero-order valence-corrected chi connectivity index (χ0v) is 30.3. The first-order valence-corrected chi connectivity index (χ1v) is 18.7. The van der Waals surface area contributed by atoms with Crippen LogP contribution in [-0.4, -0.2) is 24.9 Å². The third kappa shape index (κ3) is 6.37. The van der Waals surface area contributed by atoms with Crippen LogP contribution in [0.25, 0.3) is 101 Å². The van der Waals surface area contributed by atoms with Crippen LogP contribution in [0.4, 0.5) is 0 Å². The fourth-order valence-electron chi connectivity index (χ4n) is 7.32. The predicted octanol–water partition coefficient (Wildman–Crippen LogP) is 12.6. The second-order valence-corrected chi connectivity index (χ2v) is 13.7. The van der Waals surface area contributed by atoms with Crippen molar-refractivity contribution >= 4 is 21.8 Å². The number of hydrogen-bond donors (Lipinski definition) is 0. The van der Waals surface area contributed by atoms with Crippen LogP contribution in [0.5, 0.6) is 0 Å². The van der Waals surface area contributed by atoms with Crippen molar-refractivity contribution in [3.63, 3.8) is 0 Å². The summed E-state index contributed by atoms with van der Waals surface area (Å²) >= 11 is 0. The van der Waals surface area contributed by atoms with Gasteiger partial charge < -0.3 is 0 Å². The Kier molecular flexibility index (Phi) is 8.43. The first kappa shape index (κ1) is 33.0. The number of fused-ring (bicyclic) bond motifs is 3. The number of rotatable bonds is 7. The zero-order chi connectivity index (χ0) is 37.3. The van der Waals surface area contributed by atoms with E-state index in [0.717, 1.165) is 94.8 Å². The van der Waals surface area contributed by atoms with Gasteiger partial charge in [-0.15, -0.1) is 0 Å². The van der Waals surface area contributed by atoms with Crippen LogP contribution >= 0.6 is 0 Å². The maximum absolute atomic E-state index is 5.30. The Morgan fingerprint density at radius 3 is 1.55 bits per heavy atom. The van der Waals surface area contributed by atoms with Crippen LogP contribution in [0.3, 0.4) is 0 Å². The molecule has 0 saturated heterocycles. The quantitative estimate of drug-likeness (QED) is 0.154. The Labute approximate surface area is 324 Å². The molecule has 0 radical (unpaired) electrons. The highest BCUT2D eigenvalue weighted by atomic mass is 14.9. The van der Waals surface area contributed by atoms with Gasteiger partial charge in [0.15, 0.2) is 5.82 Å². The van der Waals surface area contributed by atoms with Crippen molar-refractivity contribution in [3.8, 4) is 78.8 Å². The van der Waals surface area contributed by atoms with Crippen molar-refractivity contribution in [2.24, 2.45) is 0 Å². The van der Waals surface area contributed by atoms with Gasteiger partial charge in [-0.3, -0.25) is 4.98 Å². The van der Waals surface area contributed by atoms with Crippen LogP contribution in [0.2, 0.25) is 0 Å². The number of benzene rings is 6. The Balaban J connectivity index is 1.11. The molecule has 0 atom stereocenters. The molecule has 0 bridgehead atoms. The molecule has 10 rings (SSSR count). The van der Waals surface area contributed by atoms with E-state index in [2.05, 4.69) is 120 Å². The molecule has 0 aliphatic rings. The number of nitrogens with zero attached hydrogens (tertiary/aromatic N) is 5. The van der Waals surface area contributed by atoms with Gasteiger partial charge in [-0.2, -0.15) is 0 Å². The largest absolute Gasteiger partial charge is 0.255 e. The number of aromatic nitrogens is 5. The molecule has 0 fully saturated rings. The summed E-state index contributed by atoms with van der Waals surface area (Å²) in [5.74, 6) is 0.660. The van der Waals surface area contributed by atoms with Gasteiger partial charge in [-0.05, 0) is 64.7 Å². The molecule has 0 saturated carbocycles. The van der Waals surface area contributed by atoms with Crippen LogP contribution in [0, 0.1) is 0 Å². The summed E-state index contributed by atoms with van der Waals surface area (Å²) in [4.78, 5) is 25.1. The molecule has 5 heteroatoms. The number of pyridine rings is 3. The van der Waals surface area contributed by atoms with Gasteiger partial charge in [0.2, 0.25) is 0 Å². The van der Waals surface area contributed by atoms with Crippen molar-refractivity contribution in [1.82, 2.24) is 24.9 Å². The molecule has 0 unspecified atom stereocenters. The van der Waals surface area contributed by atoms with Crippen molar-refractivity contribution in [2.45, 2.75) is 0 Å². The molecular formula is C51H33N5. The van der Waals surface area contributed by atoms with Crippen molar-refractivity contribution in [2.75, 3.05) is 0 Å². The van der Waals surface area contributed by atoms with Gasteiger partial charge in [0.1, 0.15) is 0 Å². The lowest BCUT2D eigenvalue weighted by molar-refractivity contribution is 1.16. The van der Waals surface area contributed by atoms with Crippen molar-refractivity contribution in [1.29, 1.82) is 0 Å². The van der Waals surface area contributed by atoms with E-state index in [1.165, 1.54) is 0 Å². The molecule has 4 heterocycles. The predicted molar refractivity (Wildman–Crippen MR) is 228 cm³/mol. The summed E-state index contributed by atoms with van der Waals surface area (Å²) in [6.45, 7) is 0. The molecule has 0 aliphatic heterocycles. The first-order chi connectivity index (χ1) is 27.7. The minimum atomic E-state index is 0.660. The van der Waals surface area contributed by atoms with E-state index in [0.29, 0.717) is 5.82 Å². The lowest BCUT2D eigenvalue weighted by Crippen LogP contribution is -1.97. The maximum Gasteiger partial charge on any atom is 0.160 e. The van der Waals surface area contributed by atoms with Crippen molar-refractivity contribution in [3.05, 3.63) is 200 Å². The molecule has 5 nitrogen and oxygen atoms in total. The Hall–Kier alpha value is -7.63. The van der Waals surface area contributed by atoms with E-state index >= 15 is 0 Å². The highest BCUT2D eigenvalue weighted by Gasteiger charge is 2.16. The van der Waals surface area contributed by atoms with Gasteiger partial charge in [-0.25, -0.2) is 19.9 Å². The lowest BCUT2D eigenvalue weighted by Gasteiger charge is -2.14. The second kappa shape index (κ2) is 14.3. The second-order valence-electron chi connectivity index (χ2n) is 13.7. The molecule has 6 aromatic carbocycles. The van der Waals surface area contributed by atoms with Crippen LogP contribution in [0.15, 0.2) is 200 Å². The minimum Gasteiger partial charge on any atom is -0.255 e. The van der Waals surface area contributed by atoms with Gasteiger partial charge in [0.25, 0.3) is 0 Å². The third-order valence-electron chi connectivity index (χ3n) is 10.1. The molecule has 56 heavy (non-hydrogen) atoms. The van der Waals surface area contributed by atoms with Gasteiger partial charge in [0, 0.05) is 39.2 Å². The van der Waals surface area contributed by atoms with E-state index in [9.17, 15) is 0 Å². The first-order valence-electron chi connectivity index (χ1n) is 18.7. The average Bonchev–Trinajstić information content (AvgIpc) is 3.29. The van der Waals surface area contributed by atoms with E-state index in [1.54, 1.807) is 6.20 Å². The van der Waals surface area contributed by atoms with E-state index in [1.807, 2.05) is 78.9 Å². The molecule has 0 spiro atoms. The van der Waals surface area contributed by atoms with E-state index < -0.39 is 0 Å². The van der Waals surface area contributed by atoms with Gasteiger partial charge in [0.05, 0.1) is 39.5 Å². The summed E-state index contributed by atoms with van der Waals surface area (Å²) in [6.07, 6.45) is 1.79. The van der Waals surface area contributed by atoms with Crippen molar-refractivity contribution < 1.29 is 0 Å². The van der Waals surface area contributed by atoms with Gasteiger partial charge >= 0.3 is 0 Å². The minimum absolute atomic E-state index is 0.660. The molecule has 0 N–H and O–H groups in total. The molecule has 262 valence electrons. The summed E-state index contributed by atoms with van der Waals surface area (Å²) in [5.41, 5.74) is 14.5. The fourth-order valence-corrected chi connectivity index (χ4v) is 7.32. The Morgan fingerprint density at radius 1 is 0.286 bits per heavy atom. The van der Waals surface area contributed by atoms with Crippen LogP contribution < -0.4 is 0 Å². The van der Waals surface area contributed by atoms with Gasteiger partial charge in [-0.1, -0.05) is 152 Å². The summed E-state index contributed by atoms with van der Waals surface area (Å²) in [6, 6.07) is 66.8. The van der Waals surface area contributed by atoms with Crippen LogP contribution in [-0.2, 0) is 0 Å². The monoisotopic (exact) mass is 715 g/mol. The average molecular weight is 716 g/mol. The highest BCUT2D eigenvalue weighted by molar-refractivity contribution is 6.10. The maximum atomic E-state index is 5.30. The Bertz CT molecular complexity index is 2950. The zero-order valence-electron chi connectivity index (χ0n) is 30.3. The van der Waals surface area contributed by atoms with E-state index in [4.69, 9.17) is 19.9 Å². The Morgan fingerprint density at radius 2 is 0.839 bits per heavy atom. The standard InChI is InChI=1S/C51H33N5/c1-4-14-34(15-5-1)44-28-26-36-25-27-42-43(32-46(35-16-6-2-7-17-35)54-50(42)49(36)53-44)40-22-12-20-38(30-40)39-21-13-23-41(31-39)47-33-48(45-24-10-11-29-52-45)56-51(55-47)37-18-8-3-9-19-37/h1-33H. The molecule has 0 aliphatic carbocycles. The lowest BCUT2D eigenvalue weighted by atomic mass is 9.94.